The number of anilines is 1. The molecule has 0 atom stereocenters. The van der Waals surface area contributed by atoms with Gasteiger partial charge in [-0.05, 0) is 25.7 Å². The second-order valence-electron chi connectivity index (χ2n) is 4.84. The number of carboxylic acid groups (broad SMARTS) is 1. The molecule has 6 nitrogen and oxygen atoms in total. The van der Waals surface area contributed by atoms with Crippen LogP contribution in [0.15, 0.2) is 23.8 Å². The van der Waals surface area contributed by atoms with Crippen molar-refractivity contribution >= 4 is 28.9 Å². The Balaban J connectivity index is 2.16. The van der Waals surface area contributed by atoms with Crippen LogP contribution in [0.3, 0.4) is 0 Å². The summed E-state index contributed by atoms with van der Waals surface area (Å²) in [6.07, 6.45) is 6.33. The Morgan fingerprint density at radius 3 is 2.81 bits per heavy atom. The lowest BCUT2D eigenvalue weighted by atomic mass is 10.1. The Labute approximate surface area is 126 Å². The highest BCUT2D eigenvalue weighted by Gasteiger charge is 2.20. The maximum atomic E-state index is 11.2. The van der Waals surface area contributed by atoms with E-state index in [4.69, 9.17) is 11.6 Å². The molecule has 1 aliphatic rings. The highest BCUT2D eigenvalue weighted by atomic mass is 35.5. The minimum absolute atomic E-state index is 0.0435. The summed E-state index contributed by atoms with van der Waals surface area (Å²) >= 11 is 5.97. The van der Waals surface area contributed by atoms with Gasteiger partial charge in [0.05, 0.1) is 21.2 Å². The standard InChI is InChI=1S/C14H15ClN2O4/c15-12-8-10(17(20)21)7-11(14(18)19)13(12)16-6-5-9-3-1-2-4-9/h3,7-8,16H,1-2,4-6H2,(H,18,19). The van der Waals surface area contributed by atoms with Gasteiger partial charge in [0.15, 0.2) is 0 Å². The van der Waals surface area contributed by atoms with Crippen LogP contribution in [0.1, 0.15) is 36.0 Å². The van der Waals surface area contributed by atoms with Crippen LogP contribution in [0.2, 0.25) is 5.02 Å². The van der Waals surface area contributed by atoms with Crippen LogP contribution in [0, 0.1) is 10.1 Å². The van der Waals surface area contributed by atoms with Gasteiger partial charge in [-0.2, -0.15) is 0 Å². The van der Waals surface area contributed by atoms with Gasteiger partial charge in [-0.25, -0.2) is 4.79 Å². The van der Waals surface area contributed by atoms with Gasteiger partial charge >= 0.3 is 5.97 Å². The number of nitrogens with one attached hydrogen (secondary N) is 1. The number of rotatable bonds is 6. The Bertz CT molecular complexity index is 613. The van der Waals surface area contributed by atoms with E-state index in [0.29, 0.717) is 6.54 Å². The minimum Gasteiger partial charge on any atom is -0.478 e. The Morgan fingerprint density at radius 2 is 2.24 bits per heavy atom. The number of non-ortho nitro benzene ring substituents is 1. The second-order valence-corrected chi connectivity index (χ2v) is 5.25. The molecule has 0 aliphatic heterocycles. The van der Waals surface area contributed by atoms with Crippen molar-refractivity contribution in [3.05, 3.63) is 44.5 Å². The molecule has 0 unspecified atom stereocenters. The average Bonchev–Trinajstić information content (AvgIpc) is 2.92. The molecular formula is C14H15ClN2O4. The Hall–Kier alpha value is -2.08. The molecule has 0 bridgehead atoms. The Morgan fingerprint density at radius 1 is 1.48 bits per heavy atom. The smallest absolute Gasteiger partial charge is 0.338 e. The van der Waals surface area contributed by atoms with Gasteiger partial charge in [0.25, 0.3) is 5.69 Å². The van der Waals surface area contributed by atoms with Crippen LogP contribution in [-0.4, -0.2) is 22.5 Å². The molecule has 0 amide bonds. The molecule has 0 fully saturated rings. The zero-order valence-corrected chi connectivity index (χ0v) is 12.0. The topological polar surface area (TPSA) is 92.5 Å². The quantitative estimate of drug-likeness (QED) is 0.473. The first-order valence-electron chi connectivity index (χ1n) is 6.62. The van der Waals surface area contributed by atoms with Crippen molar-refractivity contribution in [2.75, 3.05) is 11.9 Å². The third-order valence-electron chi connectivity index (χ3n) is 3.40. The van der Waals surface area contributed by atoms with Crippen molar-refractivity contribution in [1.29, 1.82) is 0 Å². The predicted octanol–water partition coefficient (Wildman–Crippen LogP) is 3.86. The number of allylic oxidation sites excluding steroid dienone is 1. The molecule has 2 rings (SSSR count). The summed E-state index contributed by atoms with van der Waals surface area (Å²) in [5.74, 6) is -1.25. The third kappa shape index (κ3) is 3.72. The lowest BCUT2D eigenvalue weighted by molar-refractivity contribution is -0.384. The van der Waals surface area contributed by atoms with Crippen LogP contribution in [-0.2, 0) is 0 Å². The number of aromatic carboxylic acids is 1. The van der Waals surface area contributed by atoms with Crippen LogP contribution in [0.4, 0.5) is 11.4 Å². The fraction of sp³-hybridized carbons (Fsp3) is 0.357. The molecule has 0 radical (unpaired) electrons. The number of hydrogen-bond donors (Lipinski definition) is 2. The van der Waals surface area contributed by atoms with Crippen molar-refractivity contribution in [2.24, 2.45) is 0 Å². The lowest BCUT2D eigenvalue weighted by Crippen LogP contribution is -2.09. The number of hydrogen-bond acceptors (Lipinski definition) is 4. The maximum Gasteiger partial charge on any atom is 0.338 e. The number of halogens is 1. The molecule has 1 aromatic carbocycles. The fourth-order valence-electron chi connectivity index (χ4n) is 2.36. The summed E-state index contributed by atoms with van der Waals surface area (Å²) in [5.41, 5.74) is 1.06. The first kappa shape index (κ1) is 15.3. The molecule has 0 saturated heterocycles. The van der Waals surface area contributed by atoms with Gasteiger partial charge < -0.3 is 10.4 Å². The summed E-state index contributed by atoms with van der Waals surface area (Å²) in [6, 6.07) is 2.18. The van der Waals surface area contributed by atoms with E-state index in [1.807, 2.05) is 0 Å². The maximum absolute atomic E-state index is 11.2. The number of carboxylic acids is 1. The SMILES string of the molecule is O=C(O)c1cc([N+](=O)[O-])cc(Cl)c1NCCC1=CCCC1. The highest BCUT2D eigenvalue weighted by Crippen LogP contribution is 2.31. The lowest BCUT2D eigenvalue weighted by Gasteiger charge is -2.12. The average molecular weight is 311 g/mol. The first-order chi connectivity index (χ1) is 9.99. The van der Waals surface area contributed by atoms with Gasteiger partial charge in [-0.15, -0.1) is 0 Å². The summed E-state index contributed by atoms with van der Waals surface area (Å²) in [4.78, 5) is 21.3. The van der Waals surface area contributed by atoms with E-state index in [-0.39, 0.29) is 22.0 Å². The van der Waals surface area contributed by atoms with E-state index in [2.05, 4.69) is 11.4 Å². The van der Waals surface area contributed by atoms with E-state index in [1.165, 1.54) is 5.57 Å². The first-order valence-corrected chi connectivity index (χ1v) is 7.00. The number of nitrogens with zero attached hydrogens (tertiary/aromatic N) is 1. The molecule has 21 heavy (non-hydrogen) atoms. The van der Waals surface area contributed by atoms with E-state index in [1.54, 1.807) is 0 Å². The van der Waals surface area contributed by atoms with Crippen LogP contribution in [0.5, 0.6) is 0 Å². The van der Waals surface area contributed by atoms with E-state index in [0.717, 1.165) is 37.8 Å². The minimum atomic E-state index is -1.25. The van der Waals surface area contributed by atoms with Crippen LogP contribution < -0.4 is 5.32 Å². The fourth-order valence-corrected chi connectivity index (χ4v) is 2.64. The molecule has 1 aromatic rings. The monoisotopic (exact) mass is 310 g/mol. The zero-order chi connectivity index (χ0) is 15.4. The van der Waals surface area contributed by atoms with Crippen LogP contribution >= 0.6 is 11.6 Å². The molecule has 0 saturated carbocycles. The normalized spacial score (nSPS) is 13.9. The Kier molecular flexibility index (Phi) is 4.80. The van der Waals surface area contributed by atoms with E-state index in [9.17, 15) is 20.0 Å². The van der Waals surface area contributed by atoms with Gasteiger partial charge in [0.1, 0.15) is 0 Å². The van der Waals surface area contributed by atoms with Gasteiger partial charge in [-0.3, -0.25) is 10.1 Å². The number of carbonyl (C=O) groups is 1. The van der Waals surface area contributed by atoms with Crippen molar-refractivity contribution in [3.8, 4) is 0 Å². The predicted molar refractivity (Wildman–Crippen MR) is 80.1 cm³/mol. The second kappa shape index (κ2) is 6.58. The highest BCUT2D eigenvalue weighted by molar-refractivity contribution is 6.34. The molecule has 0 aromatic heterocycles. The van der Waals surface area contributed by atoms with E-state index < -0.39 is 10.9 Å². The molecular weight excluding hydrogens is 296 g/mol. The largest absolute Gasteiger partial charge is 0.478 e. The van der Waals surface area contributed by atoms with Crippen LogP contribution in [0.25, 0.3) is 0 Å². The van der Waals surface area contributed by atoms with Crippen molar-refractivity contribution in [2.45, 2.75) is 25.7 Å². The number of nitro benzene ring substituents is 1. The molecule has 112 valence electrons. The summed E-state index contributed by atoms with van der Waals surface area (Å²) in [7, 11) is 0. The molecule has 1 aliphatic carbocycles. The molecule has 7 heteroatoms. The van der Waals surface area contributed by atoms with Gasteiger partial charge in [-0.1, -0.05) is 23.3 Å². The van der Waals surface area contributed by atoms with Crippen molar-refractivity contribution in [1.82, 2.24) is 0 Å². The summed E-state index contributed by atoms with van der Waals surface area (Å²) in [5, 5.41) is 23.0. The van der Waals surface area contributed by atoms with Crippen molar-refractivity contribution in [3.63, 3.8) is 0 Å². The number of nitro groups is 1. The van der Waals surface area contributed by atoms with Crippen molar-refractivity contribution < 1.29 is 14.8 Å². The molecule has 2 N–H and O–H groups in total. The van der Waals surface area contributed by atoms with Gasteiger partial charge in [0.2, 0.25) is 0 Å². The summed E-state index contributed by atoms with van der Waals surface area (Å²) in [6.45, 7) is 0.545. The van der Waals surface area contributed by atoms with E-state index >= 15 is 0 Å². The summed E-state index contributed by atoms with van der Waals surface area (Å²) < 4.78 is 0. The molecule has 0 heterocycles. The molecule has 0 spiro atoms. The zero-order valence-electron chi connectivity index (χ0n) is 11.3. The third-order valence-corrected chi connectivity index (χ3v) is 3.70. The number of benzene rings is 1. The van der Waals surface area contributed by atoms with Gasteiger partial charge in [0, 0.05) is 18.7 Å².